The molecule has 0 aliphatic carbocycles. The molecule has 6 nitrogen and oxygen atoms in total. The van der Waals surface area contributed by atoms with Gasteiger partial charge in [0.15, 0.2) is 5.69 Å². The first-order valence-corrected chi connectivity index (χ1v) is 3.46. The minimum absolute atomic E-state index is 0.187. The average Bonchev–Trinajstić information content (AvgIpc) is 2.48. The van der Waals surface area contributed by atoms with Gasteiger partial charge in [0.2, 0.25) is 5.82 Å². The minimum Gasteiger partial charge on any atom is -0.364 e. The minimum atomic E-state index is -0.586. The number of rotatable bonds is 3. The number of nitrogens with zero attached hydrogens (tertiary/aromatic N) is 3. The first-order chi connectivity index (χ1) is 5.75. The summed E-state index contributed by atoms with van der Waals surface area (Å²) >= 11 is 0. The highest BCUT2D eigenvalue weighted by molar-refractivity contribution is 5.94. The molecule has 1 aromatic rings. The predicted octanol–water partition coefficient (Wildman–Crippen LogP) is 0.612. The van der Waals surface area contributed by atoms with E-state index in [0.29, 0.717) is 6.54 Å². The molecule has 0 saturated carbocycles. The summed E-state index contributed by atoms with van der Waals surface area (Å²) in [5.41, 5.74) is 5.21. The molecule has 0 spiro atoms. The Bertz CT molecular complexity index is 303. The van der Waals surface area contributed by atoms with Crippen LogP contribution in [-0.2, 0) is 0 Å². The number of carbonyl (C=O) groups is 1. The first kappa shape index (κ1) is 8.38. The van der Waals surface area contributed by atoms with E-state index in [0.717, 1.165) is 0 Å². The van der Waals surface area contributed by atoms with Gasteiger partial charge in [-0.3, -0.25) is 4.79 Å². The summed E-state index contributed by atoms with van der Waals surface area (Å²) in [7, 11) is 0. The molecule has 0 bridgehead atoms. The number of aromatic nitrogens is 2. The highest BCUT2D eigenvalue weighted by atomic mass is 16.1. The Morgan fingerprint density at radius 1 is 1.83 bits per heavy atom. The lowest BCUT2D eigenvalue weighted by Crippen LogP contribution is -2.11. The Labute approximate surface area is 68.9 Å². The zero-order chi connectivity index (χ0) is 8.97. The lowest BCUT2D eigenvalue weighted by molar-refractivity contribution is 0.0996. The van der Waals surface area contributed by atoms with Crippen LogP contribution in [-0.4, -0.2) is 22.4 Å². The van der Waals surface area contributed by atoms with Crippen LogP contribution in [0.1, 0.15) is 17.4 Å². The van der Waals surface area contributed by atoms with Gasteiger partial charge < -0.3 is 10.7 Å². The summed E-state index contributed by atoms with van der Waals surface area (Å²) < 4.78 is 0. The zero-order valence-corrected chi connectivity index (χ0v) is 6.61. The van der Waals surface area contributed by atoms with Gasteiger partial charge in [0.05, 0.1) is 12.9 Å². The molecule has 0 unspecified atom stereocenters. The summed E-state index contributed by atoms with van der Waals surface area (Å²) in [6, 6.07) is 0. The van der Waals surface area contributed by atoms with Crippen LogP contribution >= 0.6 is 0 Å². The van der Waals surface area contributed by atoms with Crippen molar-refractivity contribution in [1.82, 2.24) is 9.97 Å². The van der Waals surface area contributed by atoms with Gasteiger partial charge in [-0.2, -0.15) is 5.11 Å². The molecule has 0 aliphatic heterocycles. The van der Waals surface area contributed by atoms with Gasteiger partial charge in [0.1, 0.15) is 0 Å². The number of nitrogens with one attached hydrogen (secondary N) is 1. The number of amides is 1. The van der Waals surface area contributed by atoms with E-state index in [9.17, 15) is 4.79 Å². The summed E-state index contributed by atoms with van der Waals surface area (Å²) in [6.45, 7) is 2.38. The van der Waals surface area contributed by atoms with Crippen molar-refractivity contribution >= 4 is 11.7 Å². The van der Waals surface area contributed by atoms with E-state index in [1.807, 2.05) is 6.92 Å². The Morgan fingerprint density at radius 2 is 2.58 bits per heavy atom. The Hall–Kier alpha value is -1.72. The van der Waals surface area contributed by atoms with Crippen molar-refractivity contribution in [3.05, 3.63) is 12.0 Å². The number of hydrogen-bond acceptors (Lipinski definition) is 4. The number of nitrogens with two attached hydrogens (primary N) is 1. The van der Waals surface area contributed by atoms with E-state index in [1.165, 1.54) is 6.33 Å². The van der Waals surface area contributed by atoms with Gasteiger partial charge in [0, 0.05) is 0 Å². The summed E-state index contributed by atoms with van der Waals surface area (Å²) in [4.78, 5) is 17.0. The van der Waals surface area contributed by atoms with Crippen molar-refractivity contribution in [2.24, 2.45) is 16.0 Å². The lowest BCUT2D eigenvalue weighted by atomic mass is 10.4. The van der Waals surface area contributed by atoms with Gasteiger partial charge >= 0.3 is 0 Å². The highest BCUT2D eigenvalue weighted by Gasteiger charge is 2.09. The van der Waals surface area contributed by atoms with E-state index in [-0.39, 0.29) is 11.5 Å². The molecule has 1 aromatic heterocycles. The van der Waals surface area contributed by atoms with Crippen molar-refractivity contribution in [1.29, 1.82) is 0 Å². The lowest BCUT2D eigenvalue weighted by Gasteiger charge is -1.88. The fourth-order valence-corrected chi connectivity index (χ4v) is 0.682. The fourth-order valence-electron chi connectivity index (χ4n) is 0.682. The Kier molecular flexibility index (Phi) is 2.52. The standard InChI is InChI=1S/C6H9N5O/c1-2-10-11-6-4(5(7)12)8-3-9-6/h3H,2H2,1H3,(H2,7,12)(H,8,9). The molecule has 12 heavy (non-hydrogen) atoms. The first-order valence-electron chi connectivity index (χ1n) is 3.46. The fraction of sp³-hybridized carbons (Fsp3) is 0.333. The van der Waals surface area contributed by atoms with Crippen molar-refractivity contribution in [2.75, 3.05) is 6.54 Å². The van der Waals surface area contributed by atoms with Crippen molar-refractivity contribution in [2.45, 2.75) is 6.92 Å². The molecule has 1 heterocycles. The van der Waals surface area contributed by atoms with Crippen molar-refractivity contribution < 1.29 is 4.79 Å². The maximum absolute atomic E-state index is 10.7. The van der Waals surface area contributed by atoms with Gasteiger partial charge in [-0.15, -0.1) is 5.11 Å². The maximum Gasteiger partial charge on any atom is 0.269 e. The number of carbonyl (C=O) groups excluding carboxylic acids is 1. The second-order valence-electron chi connectivity index (χ2n) is 2.02. The molecule has 0 atom stereocenters. The van der Waals surface area contributed by atoms with Crippen LogP contribution in [0, 0.1) is 0 Å². The van der Waals surface area contributed by atoms with E-state index in [4.69, 9.17) is 5.73 Å². The van der Waals surface area contributed by atoms with Crippen LogP contribution in [0.15, 0.2) is 16.6 Å². The van der Waals surface area contributed by atoms with Gasteiger partial charge in [-0.1, -0.05) is 0 Å². The molecule has 3 N–H and O–H groups in total. The molecule has 64 valence electrons. The molecule has 0 saturated heterocycles. The normalized spacial score (nSPS) is 10.8. The van der Waals surface area contributed by atoms with Crippen molar-refractivity contribution in [3.8, 4) is 0 Å². The zero-order valence-electron chi connectivity index (χ0n) is 6.61. The quantitative estimate of drug-likeness (QED) is 0.645. The maximum atomic E-state index is 10.7. The summed E-state index contributed by atoms with van der Waals surface area (Å²) in [5.74, 6) is -0.345. The second-order valence-corrected chi connectivity index (χ2v) is 2.02. The molecular weight excluding hydrogens is 158 g/mol. The largest absolute Gasteiger partial charge is 0.364 e. The molecule has 1 amide bonds. The third-order valence-electron chi connectivity index (χ3n) is 1.17. The third-order valence-corrected chi connectivity index (χ3v) is 1.17. The number of H-pyrrole nitrogens is 1. The van der Waals surface area contributed by atoms with Gasteiger partial charge in [-0.05, 0) is 6.92 Å². The summed E-state index contributed by atoms with van der Waals surface area (Å²) in [6.07, 6.45) is 1.35. The molecular formula is C6H9N5O. The third kappa shape index (κ3) is 1.66. The molecule has 0 fully saturated rings. The molecule has 0 aromatic carbocycles. The van der Waals surface area contributed by atoms with Crippen LogP contribution in [0.25, 0.3) is 0 Å². The van der Waals surface area contributed by atoms with Gasteiger partial charge in [-0.25, -0.2) is 4.98 Å². The topological polar surface area (TPSA) is 96.5 Å². The molecule has 0 aliphatic rings. The van der Waals surface area contributed by atoms with E-state index < -0.39 is 5.91 Å². The average molecular weight is 167 g/mol. The van der Waals surface area contributed by atoms with E-state index in [1.54, 1.807) is 0 Å². The Morgan fingerprint density at radius 3 is 3.17 bits per heavy atom. The smallest absolute Gasteiger partial charge is 0.269 e. The van der Waals surface area contributed by atoms with Crippen LogP contribution in [0.3, 0.4) is 0 Å². The second kappa shape index (κ2) is 3.61. The highest BCUT2D eigenvalue weighted by Crippen LogP contribution is 2.12. The summed E-state index contributed by atoms with van der Waals surface area (Å²) in [5, 5.41) is 7.38. The predicted molar refractivity (Wildman–Crippen MR) is 42.2 cm³/mol. The van der Waals surface area contributed by atoms with Crippen LogP contribution in [0.2, 0.25) is 0 Å². The molecule has 0 radical (unpaired) electrons. The number of azo groups is 1. The molecule has 1 rings (SSSR count). The number of primary amides is 1. The van der Waals surface area contributed by atoms with Crippen LogP contribution in [0.5, 0.6) is 0 Å². The van der Waals surface area contributed by atoms with Crippen molar-refractivity contribution in [3.63, 3.8) is 0 Å². The number of hydrogen-bond donors (Lipinski definition) is 2. The van der Waals surface area contributed by atoms with Crippen LogP contribution in [0.4, 0.5) is 5.82 Å². The van der Waals surface area contributed by atoms with E-state index >= 15 is 0 Å². The monoisotopic (exact) mass is 167 g/mol. The van der Waals surface area contributed by atoms with Gasteiger partial charge in [0.25, 0.3) is 5.91 Å². The van der Waals surface area contributed by atoms with Crippen LogP contribution < -0.4 is 5.73 Å². The number of aromatic amines is 1. The SMILES string of the molecule is CCN=Nc1nc[nH]c1C(N)=O. The van der Waals surface area contributed by atoms with E-state index in [2.05, 4.69) is 20.2 Å². The Balaban J connectivity index is 2.91. The number of imidazole rings is 1. The molecule has 6 heteroatoms.